The lowest BCUT2D eigenvalue weighted by Crippen LogP contribution is -2.10. The molecule has 0 aliphatic rings. The van der Waals surface area contributed by atoms with Crippen molar-refractivity contribution in [2.24, 2.45) is 5.73 Å². The van der Waals surface area contributed by atoms with Gasteiger partial charge in [0.15, 0.2) is 0 Å². The molecule has 0 aliphatic carbocycles. The maximum Gasteiger partial charge on any atom is 0.305 e. The van der Waals surface area contributed by atoms with Crippen molar-refractivity contribution in [3.05, 3.63) is 75.8 Å². The van der Waals surface area contributed by atoms with Crippen molar-refractivity contribution in [2.75, 3.05) is 7.11 Å². The van der Waals surface area contributed by atoms with Crippen LogP contribution in [0.5, 0.6) is 0 Å². The fourth-order valence-electron chi connectivity index (χ4n) is 1.74. The van der Waals surface area contributed by atoms with Crippen molar-refractivity contribution in [3.8, 4) is 0 Å². The number of nitro groups is 1. The van der Waals surface area contributed by atoms with Gasteiger partial charge in [-0.2, -0.15) is 0 Å². The quantitative estimate of drug-likeness (QED) is 0.514. The summed E-state index contributed by atoms with van der Waals surface area (Å²) in [5.41, 5.74) is 6.31. The Hall–Kier alpha value is -3.22. The van der Waals surface area contributed by atoms with Gasteiger partial charge in [0.2, 0.25) is 5.91 Å². The predicted octanol–water partition coefficient (Wildman–Crippen LogP) is 2.49. The molecule has 7 nitrogen and oxygen atoms in total. The van der Waals surface area contributed by atoms with E-state index in [1.54, 1.807) is 0 Å². The molecule has 24 heavy (non-hydrogen) atoms. The summed E-state index contributed by atoms with van der Waals surface area (Å²) >= 11 is 0. The minimum absolute atomic E-state index is 0.0556. The number of carbonyl (C=O) groups excluding carboxylic acids is 2. The van der Waals surface area contributed by atoms with Crippen LogP contribution in [0.25, 0.3) is 0 Å². The average molecular weight is 330 g/mol. The lowest BCUT2D eigenvalue weighted by atomic mass is 10.1. The second-order valence-electron chi connectivity index (χ2n) is 4.73. The summed E-state index contributed by atoms with van der Waals surface area (Å²) in [4.78, 5) is 30.9. The van der Waals surface area contributed by atoms with Crippen molar-refractivity contribution in [3.63, 3.8) is 0 Å². The predicted molar refractivity (Wildman–Crippen MR) is 88.4 cm³/mol. The Kier molecular flexibility index (Phi) is 7.63. The molecule has 0 spiro atoms. The lowest BCUT2D eigenvalue weighted by Gasteiger charge is -1.98. The number of nitro benzene ring substituents is 1. The Labute approximate surface area is 139 Å². The molecule has 0 fully saturated rings. The summed E-state index contributed by atoms with van der Waals surface area (Å²) in [6, 6.07) is 15.0. The van der Waals surface area contributed by atoms with Crippen LogP contribution in [0.3, 0.4) is 0 Å². The number of aryl methyl sites for hydroxylation is 1. The van der Waals surface area contributed by atoms with E-state index in [1.807, 2.05) is 30.3 Å². The number of hydrogen-bond acceptors (Lipinski definition) is 5. The Balaban J connectivity index is 0.000000240. The van der Waals surface area contributed by atoms with Gasteiger partial charge >= 0.3 is 5.97 Å². The highest BCUT2D eigenvalue weighted by Gasteiger charge is 2.05. The van der Waals surface area contributed by atoms with E-state index in [0.717, 1.165) is 6.42 Å². The first-order valence-corrected chi connectivity index (χ1v) is 7.09. The number of nitrogens with two attached hydrogens (primary N) is 1. The van der Waals surface area contributed by atoms with E-state index in [4.69, 9.17) is 5.73 Å². The second-order valence-corrected chi connectivity index (χ2v) is 4.73. The molecule has 1 amide bonds. The molecule has 0 saturated heterocycles. The molecule has 0 aliphatic heterocycles. The number of primary amides is 1. The summed E-state index contributed by atoms with van der Waals surface area (Å²) in [5, 5.41) is 10.2. The van der Waals surface area contributed by atoms with E-state index in [1.165, 1.54) is 36.9 Å². The zero-order valence-corrected chi connectivity index (χ0v) is 13.2. The highest BCUT2D eigenvalue weighted by atomic mass is 16.6. The van der Waals surface area contributed by atoms with Gasteiger partial charge in [-0.15, -0.1) is 0 Å². The maximum atomic E-state index is 10.8. The van der Waals surface area contributed by atoms with E-state index in [0.29, 0.717) is 6.42 Å². The molecule has 0 atom stereocenters. The second kappa shape index (κ2) is 9.73. The standard InChI is InChI=1S/C10H12O2.C7H6N2O3/c1-12-10(11)8-7-9-5-3-2-4-6-9;8-7(10)5-1-3-6(4-2-5)9(11)12/h2-6H,7-8H2,1H3;1-4H,(H2,8,10). The van der Waals surface area contributed by atoms with Crippen LogP contribution in [-0.4, -0.2) is 23.9 Å². The van der Waals surface area contributed by atoms with Crippen LogP contribution in [0.2, 0.25) is 0 Å². The van der Waals surface area contributed by atoms with Crippen molar-refractivity contribution in [1.29, 1.82) is 0 Å². The van der Waals surface area contributed by atoms with Gasteiger partial charge in [-0.05, 0) is 24.1 Å². The lowest BCUT2D eigenvalue weighted by molar-refractivity contribution is -0.384. The minimum atomic E-state index is -0.593. The molecule has 2 aromatic rings. The van der Waals surface area contributed by atoms with E-state index in [2.05, 4.69) is 4.74 Å². The third kappa shape index (κ3) is 6.69. The highest BCUT2D eigenvalue weighted by Crippen LogP contribution is 2.11. The SMILES string of the molecule is COC(=O)CCc1ccccc1.NC(=O)c1ccc([N+](=O)[O-])cc1. The molecule has 2 N–H and O–H groups in total. The van der Waals surface area contributed by atoms with Crippen molar-refractivity contribution >= 4 is 17.6 Å². The van der Waals surface area contributed by atoms with Crippen LogP contribution >= 0.6 is 0 Å². The van der Waals surface area contributed by atoms with E-state index in [9.17, 15) is 19.7 Å². The summed E-state index contributed by atoms with van der Waals surface area (Å²) < 4.78 is 4.53. The number of rotatable bonds is 5. The Morgan fingerprint density at radius 3 is 2.12 bits per heavy atom. The number of benzene rings is 2. The minimum Gasteiger partial charge on any atom is -0.469 e. The Morgan fingerprint density at radius 2 is 1.67 bits per heavy atom. The fourth-order valence-corrected chi connectivity index (χ4v) is 1.74. The van der Waals surface area contributed by atoms with Gasteiger partial charge in [0.25, 0.3) is 5.69 Å². The first kappa shape index (κ1) is 18.8. The molecule has 2 aromatic carbocycles. The molecule has 0 radical (unpaired) electrons. The fraction of sp³-hybridized carbons (Fsp3) is 0.176. The third-order valence-corrected chi connectivity index (χ3v) is 3.05. The molecule has 0 heterocycles. The zero-order valence-electron chi connectivity index (χ0n) is 13.2. The summed E-state index contributed by atoms with van der Waals surface area (Å²) in [6.07, 6.45) is 1.22. The maximum absolute atomic E-state index is 10.8. The molecule has 0 unspecified atom stereocenters. The van der Waals surface area contributed by atoms with Crippen molar-refractivity contribution < 1.29 is 19.2 Å². The molecule has 0 bridgehead atoms. The molecular formula is C17H18N2O5. The van der Waals surface area contributed by atoms with Gasteiger partial charge in [0, 0.05) is 24.1 Å². The summed E-state index contributed by atoms with van der Waals surface area (Å²) in [5.74, 6) is -0.747. The molecule has 7 heteroatoms. The van der Waals surface area contributed by atoms with Crippen LogP contribution < -0.4 is 5.73 Å². The van der Waals surface area contributed by atoms with Gasteiger partial charge in [-0.25, -0.2) is 0 Å². The van der Waals surface area contributed by atoms with Gasteiger partial charge < -0.3 is 10.5 Å². The molecule has 0 saturated carbocycles. The van der Waals surface area contributed by atoms with Gasteiger partial charge in [-0.1, -0.05) is 30.3 Å². The van der Waals surface area contributed by atoms with E-state index >= 15 is 0 Å². The largest absolute Gasteiger partial charge is 0.469 e. The number of ether oxygens (including phenoxy) is 1. The van der Waals surface area contributed by atoms with Crippen LogP contribution in [0.15, 0.2) is 54.6 Å². The Bertz CT molecular complexity index is 651. The summed E-state index contributed by atoms with van der Waals surface area (Å²) in [6.45, 7) is 0. The number of esters is 1. The zero-order chi connectivity index (χ0) is 17.9. The number of non-ortho nitro benzene ring substituents is 1. The number of amides is 1. The van der Waals surface area contributed by atoms with Crippen molar-refractivity contribution in [1.82, 2.24) is 0 Å². The van der Waals surface area contributed by atoms with Crippen LogP contribution in [0, 0.1) is 10.1 Å². The number of carbonyl (C=O) groups is 2. The Morgan fingerprint density at radius 1 is 1.08 bits per heavy atom. The monoisotopic (exact) mass is 330 g/mol. The number of hydrogen-bond donors (Lipinski definition) is 1. The number of nitrogens with zero attached hydrogens (tertiary/aromatic N) is 1. The van der Waals surface area contributed by atoms with Crippen LogP contribution in [0.4, 0.5) is 5.69 Å². The van der Waals surface area contributed by atoms with E-state index in [-0.39, 0.29) is 17.2 Å². The van der Waals surface area contributed by atoms with Crippen LogP contribution in [-0.2, 0) is 16.0 Å². The first-order chi connectivity index (χ1) is 11.4. The van der Waals surface area contributed by atoms with E-state index < -0.39 is 10.8 Å². The van der Waals surface area contributed by atoms with Gasteiger partial charge in [0.1, 0.15) is 0 Å². The third-order valence-electron chi connectivity index (χ3n) is 3.05. The van der Waals surface area contributed by atoms with Crippen molar-refractivity contribution in [2.45, 2.75) is 12.8 Å². The first-order valence-electron chi connectivity index (χ1n) is 7.09. The highest BCUT2D eigenvalue weighted by molar-refractivity contribution is 5.92. The smallest absolute Gasteiger partial charge is 0.305 e. The average Bonchev–Trinajstić information content (AvgIpc) is 2.61. The number of methoxy groups -OCH3 is 1. The molecular weight excluding hydrogens is 312 g/mol. The molecule has 126 valence electrons. The normalized spacial score (nSPS) is 9.38. The van der Waals surface area contributed by atoms with Crippen LogP contribution in [0.1, 0.15) is 22.3 Å². The summed E-state index contributed by atoms with van der Waals surface area (Å²) in [7, 11) is 1.41. The molecule has 0 aromatic heterocycles. The van der Waals surface area contributed by atoms with Gasteiger partial charge in [0.05, 0.1) is 12.0 Å². The topological polar surface area (TPSA) is 113 Å². The molecule has 2 rings (SSSR count). The van der Waals surface area contributed by atoms with Gasteiger partial charge in [-0.3, -0.25) is 19.7 Å².